The van der Waals surface area contributed by atoms with Gasteiger partial charge in [-0.25, -0.2) is 0 Å². The van der Waals surface area contributed by atoms with Gasteiger partial charge in [-0.2, -0.15) is 5.26 Å². The van der Waals surface area contributed by atoms with Crippen molar-refractivity contribution in [2.45, 2.75) is 20.4 Å². The molecule has 1 aromatic rings. The van der Waals surface area contributed by atoms with E-state index in [0.717, 1.165) is 5.56 Å². The van der Waals surface area contributed by atoms with Crippen molar-refractivity contribution in [1.82, 2.24) is 10.2 Å². The maximum atomic E-state index is 11.7. The minimum Gasteiger partial charge on any atom is -0.355 e. The molecular weight excluding hydrogens is 238 g/mol. The number of rotatable bonds is 6. The SMILES string of the molecule is CC(C)CNC(=O)CN(C)Cc1ccc(C#N)cc1. The van der Waals surface area contributed by atoms with Crippen LogP contribution in [0.3, 0.4) is 0 Å². The Morgan fingerprint density at radius 3 is 2.53 bits per heavy atom. The van der Waals surface area contributed by atoms with Crippen LogP contribution in [0.15, 0.2) is 24.3 Å². The summed E-state index contributed by atoms with van der Waals surface area (Å²) in [6, 6.07) is 9.51. The van der Waals surface area contributed by atoms with Crippen molar-refractivity contribution in [3.63, 3.8) is 0 Å². The highest BCUT2D eigenvalue weighted by molar-refractivity contribution is 5.77. The predicted octanol–water partition coefficient (Wildman–Crippen LogP) is 1.76. The first-order chi connectivity index (χ1) is 9.01. The zero-order valence-corrected chi connectivity index (χ0v) is 11.8. The largest absolute Gasteiger partial charge is 0.355 e. The van der Waals surface area contributed by atoms with Crippen LogP contribution in [0.4, 0.5) is 0 Å². The lowest BCUT2D eigenvalue weighted by Gasteiger charge is -2.17. The third-order valence-electron chi connectivity index (χ3n) is 2.66. The molecule has 1 aromatic carbocycles. The molecule has 0 radical (unpaired) electrons. The van der Waals surface area contributed by atoms with Crippen molar-refractivity contribution < 1.29 is 4.79 Å². The molecule has 0 aliphatic rings. The van der Waals surface area contributed by atoms with Gasteiger partial charge < -0.3 is 5.32 Å². The van der Waals surface area contributed by atoms with E-state index in [4.69, 9.17) is 5.26 Å². The van der Waals surface area contributed by atoms with Crippen molar-refractivity contribution in [3.05, 3.63) is 35.4 Å². The van der Waals surface area contributed by atoms with Gasteiger partial charge in [0.05, 0.1) is 18.2 Å². The molecule has 0 bridgehead atoms. The summed E-state index contributed by atoms with van der Waals surface area (Å²) in [6.45, 7) is 5.93. The van der Waals surface area contributed by atoms with Crippen molar-refractivity contribution in [2.24, 2.45) is 5.92 Å². The van der Waals surface area contributed by atoms with Gasteiger partial charge in [0, 0.05) is 13.1 Å². The Morgan fingerprint density at radius 1 is 1.37 bits per heavy atom. The molecule has 0 saturated heterocycles. The average Bonchev–Trinajstić information content (AvgIpc) is 2.37. The van der Waals surface area contributed by atoms with Crippen LogP contribution in [-0.2, 0) is 11.3 Å². The normalized spacial score (nSPS) is 10.5. The van der Waals surface area contributed by atoms with Gasteiger partial charge in [0.15, 0.2) is 0 Å². The summed E-state index contributed by atoms with van der Waals surface area (Å²) in [7, 11) is 1.91. The second-order valence-electron chi connectivity index (χ2n) is 5.18. The lowest BCUT2D eigenvalue weighted by atomic mass is 10.1. The molecule has 0 aromatic heterocycles. The van der Waals surface area contributed by atoms with Crippen molar-refractivity contribution in [2.75, 3.05) is 20.1 Å². The summed E-state index contributed by atoms with van der Waals surface area (Å²) in [5, 5.41) is 11.6. The number of nitrogens with one attached hydrogen (secondary N) is 1. The lowest BCUT2D eigenvalue weighted by Crippen LogP contribution is -2.36. The molecular formula is C15H21N3O. The first kappa shape index (κ1) is 15.2. The fourth-order valence-electron chi connectivity index (χ4n) is 1.67. The molecule has 0 atom stereocenters. The number of hydrogen-bond acceptors (Lipinski definition) is 3. The molecule has 1 N–H and O–H groups in total. The maximum Gasteiger partial charge on any atom is 0.234 e. The summed E-state index contributed by atoms with van der Waals surface area (Å²) in [6.07, 6.45) is 0. The van der Waals surface area contributed by atoms with Crippen LogP contribution in [0.25, 0.3) is 0 Å². The van der Waals surface area contributed by atoms with E-state index in [1.807, 2.05) is 24.1 Å². The van der Waals surface area contributed by atoms with E-state index in [1.54, 1.807) is 12.1 Å². The zero-order chi connectivity index (χ0) is 14.3. The van der Waals surface area contributed by atoms with E-state index in [0.29, 0.717) is 31.1 Å². The molecule has 0 fully saturated rings. The molecule has 4 heteroatoms. The Balaban J connectivity index is 2.39. The van der Waals surface area contributed by atoms with Gasteiger partial charge in [-0.3, -0.25) is 9.69 Å². The predicted molar refractivity (Wildman–Crippen MR) is 75.3 cm³/mol. The van der Waals surface area contributed by atoms with Crippen LogP contribution in [-0.4, -0.2) is 30.9 Å². The van der Waals surface area contributed by atoms with Gasteiger partial charge >= 0.3 is 0 Å². The second-order valence-corrected chi connectivity index (χ2v) is 5.18. The molecule has 4 nitrogen and oxygen atoms in total. The van der Waals surface area contributed by atoms with Crippen LogP contribution in [0.2, 0.25) is 0 Å². The van der Waals surface area contributed by atoms with Crippen LogP contribution in [0.1, 0.15) is 25.0 Å². The minimum absolute atomic E-state index is 0.0462. The highest BCUT2D eigenvalue weighted by Crippen LogP contribution is 2.05. The average molecular weight is 259 g/mol. The Labute approximate surface area is 115 Å². The van der Waals surface area contributed by atoms with E-state index in [2.05, 4.69) is 25.2 Å². The minimum atomic E-state index is 0.0462. The Bertz CT molecular complexity index is 445. The molecule has 0 aliphatic carbocycles. The molecule has 0 spiro atoms. The van der Waals surface area contributed by atoms with Crippen LogP contribution in [0, 0.1) is 17.2 Å². The van der Waals surface area contributed by atoms with Gasteiger partial charge in [0.2, 0.25) is 5.91 Å². The summed E-state index contributed by atoms with van der Waals surface area (Å²) in [4.78, 5) is 13.6. The topological polar surface area (TPSA) is 56.1 Å². The first-order valence-electron chi connectivity index (χ1n) is 6.45. The van der Waals surface area contributed by atoms with Crippen LogP contribution < -0.4 is 5.32 Å². The highest BCUT2D eigenvalue weighted by Gasteiger charge is 2.07. The van der Waals surface area contributed by atoms with Crippen molar-refractivity contribution in [3.8, 4) is 6.07 Å². The summed E-state index contributed by atoms with van der Waals surface area (Å²) in [5.74, 6) is 0.512. The number of benzene rings is 1. The van der Waals surface area contributed by atoms with E-state index < -0.39 is 0 Å². The third-order valence-corrected chi connectivity index (χ3v) is 2.66. The number of nitriles is 1. The van der Waals surface area contributed by atoms with Gasteiger partial charge in [-0.05, 0) is 30.7 Å². The number of amides is 1. The van der Waals surface area contributed by atoms with E-state index >= 15 is 0 Å². The monoisotopic (exact) mass is 259 g/mol. The molecule has 0 unspecified atom stereocenters. The van der Waals surface area contributed by atoms with Gasteiger partial charge in [-0.1, -0.05) is 26.0 Å². The number of nitrogens with zero attached hydrogens (tertiary/aromatic N) is 2. The molecule has 0 saturated carbocycles. The number of carbonyl (C=O) groups excluding carboxylic acids is 1. The van der Waals surface area contributed by atoms with E-state index in [-0.39, 0.29) is 5.91 Å². The smallest absolute Gasteiger partial charge is 0.234 e. The maximum absolute atomic E-state index is 11.7. The molecule has 0 heterocycles. The summed E-state index contributed by atoms with van der Waals surface area (Å²) in [5.41, 5.74) is 1.75. The Hall–Kier alpha value is -1.86. The quantitative estimate of drug-likeness (QED) is 0.847. The molecule has 19 heavy (non-hydrogen) atoms. The van der Waals surface area contributed by atoms with Crippen LogP contribution in [0.5, 0.6) is 0 Å². The number of carbonyl (C=O) groups is 1. The van der Waals surface area contributed by atoms with E-state index in [9.17, 15) is 4.79 Å². The Kier molecular flexibility index (Phi) is 6.04. The molecule has 0 aliphatic heterocycles. The number of hydrogen-bond donors (Lipinski definition) is 1. The van der Waals surface area contributed by atoms with Gasteiger partial charge in [-0.15, -0.1) is 0 Å². The fourth-order valence-corrected chi connectivity index (χ4v) is 1.67. The Morgan fingerprint density at radius 2 is 2.00 bits per heavy atom. The van der Waals surface area contributed by atoms with Crippen molar-refractivity contribution >= 4 is 5.91 Å². The third kappa shape index (κ3) is 6.03. The van der Waals surface area contributed by atoms with Gasteiger partial charge in [0.25, 0.3) is 0 Å². The lowest BCUT2D eigenvalue weighted by molar-refractivity contribution is -0.122. The first-order valence-corrected chi connectivity index (χ1v) is 6.45. The van der Waals surface area contributed by atoms with Gasteiger partial charge in [0.1, 0.15) is 0 Å². The zero-order valence-electron chi connectivity index (χ0n) is 11.8. The molecule has 1 rings (SSSR count). The highest BCUT2D eigenvalue weighted by atomic mass is 16.2. The van der Waals surface area contributed by atoms with Crippen molar-refractivity contribution in [1.29, 1.82) is 5.26 Å². The molecule has 102 valence electrons. The summed E-state index contributed by atoms with van der Waals surface area (Å²) < 4.78 is 0. The summed E-state index contributed by atoms with van der Waals surface area (Å²) >= 11 is 0. The van der Waals surface area contributed by atoms with Crippen LogP contribution >= 0.6 is 0 Å². The van der Waals surface area contributed by atoms with E-state index in [1.165, 1.54) is 0 Å². The molecule has 1 amide bonds. The second kappa shape index (κ2) is 7.55. The number of likely N-dealkylation sites (N-methyl/N-ethyl adjacent to an activating group) is 1. The fraction of sp³-hybridized carbons (Fsp3) is 0.467. The standard InChI is InChI=1S/C15H21N3O/c1-12(2)9-17-15(19)11-18(3)10-14-6-4-13(8-16)5-7-14/h4-7,12H,9-11H2,1-3H3,(H,17,19).